The molecular weight excluding hydrogens is 466 g/mol. The molecule has 3 rings (SSSR count). The molecule has 1 aliphatic heterocycles. The number of sulfonamides is 1. The summed E-state index contributed by atoms with van der Waals surface area (Å²) >= 11 is 0. The van der Waals surface area contributed by atoms with E-state index in [1.165, 1.54) is 16.3 Å². The van der Waals surface area contributed by atoms with Gasteiger partial charge in [-0.25, -0.2) is 22.3 Å². The SMILES string of the molecule is COc1cccc(C(=O)N(CCS(=O)(=O)N2CCCC2)Cc2ccccn2)c1.O=C(O)C(=O)O. The lowest BCUT2D eigenvalue weighted by Gasteiger charge is -2.24. The molecule has 0 unspecified atom stereocenters. The number of pyridine rings is 1. The van der Waals surface area contributed by atoms with E-state index in [1.807, 2.05) is 12.1 Å². The second kappa shape index (κ2) is 12.7. The minimum atomic E-state index is -3.38. The second-order valence-corrected chi connectivity index (χ2v) is 9.40. The van der Waals surface area contributed by atoms with E-state index in [9.17, 15) is 13.2 Å². The number of hydrogen-bond acceptors (Lipinski definition) is 7. The maximum Gasteiger partial charge on any atom is 0.414 e. The number of rotatable bonds is 8. The predicted octanol–water partition coefficient (Wildman–Crippen LogP) is 1.31. The van der Waals surface area contributed by atoms with Gasteiger partial charge in [0, 0.05) is 31.4 Å². The van der Waals surface area contributed by atoms with Gasteiger partial charge < -0.3 is 19.8 Å². The van der Waals surface area contributed by atoms with Crippen LogP contribution in [0.1, 0.15) is 28.9 Å². The van der Waals surface area contributed by atoms with Crippen molar-refractivity contribution in [2.45, 2.75) is 19.4 Å². The van der Waals surface area contributed by atoms with E-state index in [1.54, 1.807) is 36.5 Å². The highest BCUT2D eigenvalue weighted by molar-refractivity contribution is 7.89. The number of methoxy groups -OCH3 is 1. The van der Waals surface area contributed by atoms with Crippen LogP contribution in [0, 0.1) is 0 Å². The van der Waals surface area contributed by atoms with Crippen molar-refractivity contribution in [3.8, 4) is 5.75 Å². The molecule has 1 amide bonds. The van der Waals surface area contributed by atoms with Crippen LogP contribution < -0.4 is 4.74 Å². The van der Waals surface area contributed by atoms with Crippen LogP contribution in [0.3, 0.4) is 0 Å². The molecule has 0 radical (unpaired) electrons. The van der Waals surface area contributed by atoms with Crippen LogP contribution in [-0.4, -0.2) is 83.2 Å². The number of nitrogens with zero attached hydrogens (tertiary/aromatic N) is 3. The third-order valence-corrected chi connectivity index (χ3v) is 6.79. The zero-order valence-electron chi connectivity index (χ0n) is 18.7. The molecule has 1 aromatic carbocycles. The van der Waals surface area contributed by atoms with Gasteiger partial charge in [0.05, 0.1) is 25.1 Å². The number of carboxylic acid groups (broad SMARTS) is 2. The minimum Gasteiger partial charge on any atom is -0.497 e. The summed E-state index contributed by atoms with van der Waals surface area (Å²) in [6.45, 7) is 1.47. The molecule has 1 aliphatic rings. The van der Waals surface area contributed by atoms with Gasteiger partial charge in [-0.2, -0.15) is 0 Å². The Bertz CT molecular complexity index is 1070. The number of carbonyl (C=O) groups is 3. The van der Waals surface area contributed by atoms with Crippen LogP contribution in [0.5, 0.6) is 5.75 Å². The zero-order valence-corrected chi connectivity index (χ0v) is 19.5. The largest absolute Gasteiger partial charge is 0.497 e. The average molecular weight is 494 g/mol. The van der Waals surface area contributed by atoms with E-state index in [0.29, 0.717) is 30.1 Å². The summed E-state index contributed by atoms with van der Waals surface area (Å²) in [5.74, 6) is -3.42. The topological polar surface area (TPSA) is 154 Å². The number of amides is 1. The number of aliphatic carboxylic acids is 2. The molecular formula is C22H27N3O8S. The molecule has 1 saturated heterocycles. The monoisotopic (exact) mass is 493 g/mol. The molecule has 0 bridgehead atoms. The van der Waals surface area contributed by atoms with E-state index in [-0.39, 0.29) is 24.7 Å². The quantitative estimate of drug-likeness (QED) is 0.518. The Morgan fingerprint density at radius 2 is 1.74 bits per heavy atom. The van der Waals surface area contributed by atoms with Crippen molar-refractivity contribution in [3.05, 3.63) is 59.9 Å². The Labute approximate surface area is 197 Å². The van der Waals surface area contributed by atoms with Gasteiger partial charge in [0.2, 0.25) is 10.0 Å². The lowest BCUT2D eigenvalue weighted by Crippen LogP contribution is -2.39. The third-order valence-electron chi connectivity index (χ3n) is 4.94. The van der Waals surface area contributed by atoms with Crippen molar-refractivity contribution in [1.82, 2.24) is 14.2 Å². The van der Waals surface area contributed by atoms with Crippen LogP contribution in [0.15, 0.2) is 48.7 Å². The van der Waals surface area contributed by atoms with Crippen molar-refractivity contribution in [1.29, 1.82) is 0 Å². The Balaban J connectivity index is 0.000000604. The maximum absolute atomic E-state index is 13.1. The average Bonchev–Trinajstić information content (AvgIpc) is 3.38. The molecule has 1 fully saturated rings. The Morgan fingerprint density at radius 1 is 1.06 bits per heavy atom. The summed E-state index contributed by atoms with van der Waals surface area (Å²) in [5.41, 5.74) is 1.16. The van der Waals surface area contributed by atoms with E-state index >= 15 is 0 Å². The van der Waals surface area contributed by atoms with Gasteiger partial charge in [-0.05, 0) is 43.2 Å². The first-order chi connectivity index (χ1) is 16.1. The van der Waals surface area contributed by atoms with Crippen molar-refractivity contribution in [3.63, 3.8) is 0 Å². The van der Waals surface area contributed by atoms with E-state index in [2.05, 4.69) is 4.98 Å². The van der Waals surface area contributed by atoms with Gasteiger partial charge in [0.25, 0.3) is 5.91 Å². The fraction of sp³-hybridized carbons (Fsp3) is 0.364. The van der Waals surface area contributed by atoms with Crippen molar-refractivity contribution in [2.75, 3.05) is 32.5 Å². The second-order valence-electron chi connectivity index (χ2n) is 7.31. The number of hydrogen-bond donors (Lipinski definition) is 2. The third kappa shape index (κ3) is 8.12. The standard InChI is InChI=1S/C20H25N3O4S.C2H2O4/c1-27-19-9-6-7-17(15-19)20(24)22(16-18-8-2-3-10-21-18)13-14-28(25,26)23-11-4-5-12-23;3-1(4)2(5)6/h2-3,6-10,15H,4-5,11-14,16H2,1H3;(H,3,4)(H,5,6). The van der Waals surface area contributed by atoms with E-state index < -0.39 is 22.0 Å². The Kier molecular flexibility index (Phi) is 9.95. The fourth-order valence-corrected chi connectivity index (χ4v) is 4.72. The number of benzene rings is 1. The summed E-state index contributed by atoms with van der Waals surface area (Å²) in [6.07, 6.45) is 3.43. The lowest BCUT2D eigenvalue weighted by atomic mass is 10.2. The van der Waals surface area contributed by atoms with Crippen molar-refractivity contribution in [2.24, 2.45) is 0 Å². The van der Waals surface area contributed by atoms with Crippen LogP contribution in [-0.2, 0) is 26.2 Å². The summed E-state index contributed by atoms with van der Waals surface area (Å²) in [4.78, 5) is 37.1. The highest BCUT2D eigenvalue weighted by Gasteiger charge is 2.27. The fourth-order valence-electron chi connectivity index (χ4n) is 3.20. The van der Waals surface area contributed by atoms with Gasteiger partial charge in [-0.3, -0.25) is 9.78 Å². The molecule has 12 heteroatoms. The smallest absolute Gasteiger partial charge is 0.414 e. The van der Waals surface area contributed by atoms with Crippen LogP contribution in [0.25, 0.3) is 0 Å². The van der Waals surface area contributed by atoms with Crippen LogP contribution >= 0.6 is 0 Å². The van der Waals surface area contributed by atoms with Gasteiger partial charge >= 0.3 is 11.9 Å². The molecule has 0 spiro atoms. The molecule has 2 aromatic rings. The highest BCUT2D eigenvalue weighted by atomic mass is 32.2. The molecule has 0 atom stereocenters. The van der Waals surface area contributed by atoms with E-state index in [0.717, 1.165) is 12.8 Å². The summed E-state index contributed by atoms with van der Waals surface area (Å²) in [5, 5.41) is 14.8. The summed E-state index contributed by atoms with van der Waals surface area (Å²) < 4.78 is 31.9. The summed E-state index contributed by atoms with van der Waals surface area (Å²) in [6, 6.07) is 12.3. The van der Waals surface area contributed by atoms with Crippen LogP contribution in [0.2, 0.25) is 0 Å². The van der Waals surface area contributed by atoms with E-state index in [4.69, 9.17) is 24.5 Å². The van der Waals surface area contributed by atoms with Gasteiger partial charge in [-0.15, -0.1) is 0 Å². The first-order valence-corrected chi connectivity index (χ1v) is 12.0. The number of ether oxygens (including phenoxy) is 1. The number of carbonyl (C=O) groups excluding carboxylic acids is 1. The zero-order chi connectivity index (χ0) is 25.1. The maximum atomic E-state index is 13.1. The molecule has 2 N–H and O–H groups in total. The van der Waals surface area contributed by atoms with Gasteiger partial charge in [-0.1, -0.05) is 12.1 Å². The molecule has 11 nitrogen and oxygen atoms in total. The first-order valence-electron chi connectivity index (χ1n) is 10.4. The van der Waals surface area contributed by atoms with Crippen molar-refractivity contribution < 1.29 is 37.8 Å². The molecule has 2 heterocycles. The molecule has 34 heavy (non-hydrogen) atoms. The number of carboxylic acids is 2. The molecule has 184 valence electrons. The first kappa shape index (κ1) is 26.7. The highest BCUT2D eigenvalue weighted by Crippen LogP contribution is 2.17. The Morgan fingerprint density at radius 3 is 2.29 bits per heavy atom. The molecule has 0 aliphatic carbocycles. The Hall–Kier alpha value is -3.51. The molecule has 1 aromatic heterocycles. The normalized spacial score (nSPS) is 13.4. The van der Waals surface area contributed by atoms with Crippen LogP contribution in [0.4, 0.5) is 0 Å². The van der Waals surface area contributed by atoms with Gasteiger partial charge in [0.15, 0.2) is 0 Å². The summed E-state index contributed by atoms with van der Waals surface area (Å²) in [7, 11) is -1.84. The molecule has 0 saturated carbocycles. The lowest BCUT2D eigenvalue weighted by molar-refractivity contribution is -0.159. The van der Waals surface area contributed by atoms with Crippen molar-refractivity contribution >= 4 is 27.9 Å². The predicted molar refractivity (Wildman–Crippen MR) is 122 cm³/mol. The number of aromatic nitrogens is 1. The van der Waals surface area contributed by atoms with Gasteiger partial charge in [0.1, 0.15) is 5.75 Å². The minimum absolute atomic E-state index is 0.102.